The highest BCUT2D eigenvalue weighted by Crippen LogP contribution is 2.42. The number of hydrogen-bond acceptors (Lipinski definition) is 7. The third-order valence-electron chi connectivity index (χ3n) is 4.86. The molecule has 0 bridgehead atoms. The molecule has 0 saturated heterocycles. The molecule has 0 unspecified atom stereocenters. The first-order valence-electron chi connectivity index (χ1n) is 9.94. The SMILES string of the molecule is C=C(c1sc(-c2ncc(C(F)(F)F)cc2Cl)nc1C)c1sc(=S)n(CCCCCC(=O)O)c1O. The molecule has 0 atom stereocenters. The molecule has 0 aromatic carbocycles. The van der Waals surface area contributed by atoms with Gasteiger partial charge in [0.15, 0.2) is 3.95 Å². The van der Waals surface area contributed by atoms with Crippen LogP contribution in [0, 0.1) is 10.9 Å². The molecule has 0 fully saturated rings. The van der Waals surface area contributed by atoms with Gasteiger partial charge in [0.1, 0.15) is 10.7 Å². The van der Waals surface area contributed by atoms with Crippen molar-refractivity contribution in [1.29, 1.82) is 0 Å². The van der Waals surface area contributed by atoms with Crippen molar-refractivity contribution in [2.75, 3.05) is 0 Å². The summed E-state index contributed by atoms with van der Waals surface area (Å²) in [4.78, 5) is 19.9. The summed E-state index contributed by atoms with van der Waals surface area (Å²) in [7, 11) is 0. The lowest BCUT2D eigenvalue weighted by molar-refractivity contribution is -0.138. The number of alkyl halides is 3. The minimum absolute atomic E-state index is 0.0433. The third kappa shape index (κ3) is 5.85. The second kappa shape index (κ2) is 10.5. The number of unbranched alkanes of at least 4 members (excludes halogenated alkanes) is 2. The Morgan fingerprint density at radius 1 is 1.26 bits per heavy atom. The van der Waals surface area contributed by atoms with Crippen molar-refractivity contribution in [2.45, 2.75) is 45.3 Å². The molecule has 0 saturated carbocycles. The maximum absolute atomic E-state index is 12.9. The molecule has 34 heavy (non-hydrogen) atoms. The molecule has 2 N–H and O–H groups in total. The van der Waals surface area contributed by atoms with Gasteiger partial charge in [-0.15, -0.1) is 22.7 Å². The van der Waals surface area contributed by atoms with Gasteiger partial charge < -0.3 is 10.2 Å². The quantitative estimate of drug-likeness (QED) is 0.217. The molecular formula is C21H19ClF3N3O3S3. The first-order valence-corrected chi connectivity index (χ1v) is 12.4. The van der Waals surface area contributed by atoms with Crippen LogP contribution in [0.15, 0.2) is 18.8 Å². The summed E-state index contributed by atoms with van der Waals surface area (Å²) >= 11 is 13.8. The summed E-state index contributed by atoms with van der Waals surface area (Å²) in [6.45, 7) is 6.22. The van der Waals surface area contributed by atoms with Crippen LogP contribution >= 0.6 is 46.5 Å². The van der Waals surface area contributed by atoms with Crippen LogP contribution in [0.3, 0.4) is 0 Å². The van der Waals surface area contributed by atoms with Gasteiger partial charge in [0, 0.05) is 24.7 Å². The molecule has 0 aliphatic carbocycles. The number of aromatic hydroxyl groups is 1. The van der Waals surface area contributed by atoms with E-state index in [1.165, 1.54) is 11.3 Å². The number of carboxylic acids is 1. The second-order valence-corrected chi connectivity index (χ2v) is 10.4. The zero-order chi connectivity index (χ0) is 25.2. The molecule has 182 valence electrons. The van der Waals surface area contributed by atoms with Gasteiger partial charge in [-0.25, -0.2) is 4.98 Å². The number of aromatic nitrogens is 3. The molecule has 3 aromatic rings. The smallest absolute Gasteiger partial charge is 0.417 e. The fourth-order valence-corrected chi connectivity index (χ4v) is 5.89. The number of halogens is 4. The summed E-state index contributed by atoms with van der Waals surface area (Å²) in [5.74, 6) is -0.890. The van der Waals surface area contributed by atoms with Crippen molar-refractivity contribution in [3.8, 4) is 16.6 Å². The minimum atomic E-state index is -4.56. The van der Waals surface area contributed by atoms with Gasteiger partial charge in [-0.2, -0.15) is 13.2 Å². The van der Waals surface area contributed by atoms with Gasteiger partial charge in [-0.05, 0) is 38.0 Å². The molecule has 0 aliphatic rings. The first-order chi connectivity index (χ1) is 15.9. The number of rotatable bonds is 9. The number of hydrogen-bond donors (Lipinski definition) is 2. The van der Waals surface area contributed by atoms with Crippen LogP contribution in [0.1, 0.15) is 46.7 Å². The number of nitrogens with zero attached hydrogens (tertiary/aromatic N) is 3. The molecule has 3 rings (SSSR count). The van der Waals surface area contributed by atoms with Crippen LogP contribution in [0.25, 0.3) is 16.3 Å². The standard InChI is InChI=1S/C21H19ClF3N3O3S3/c1-10(17-19(31)28(20(32)34-17)7-5-3-4-6-14(29)30)16-11(2)27-18(33-16)15-13(22)8-12(9-26-15)21(23,24)25/h8-9,31H,1,3-7H2,2H3,(H,29,30). The van der Waals surface area contributed by atoms with E-state index in [1.54, 1.807) is 11.5 Å². The van der Waals surface area contributed by atoms with E-state index in [9.17, 15) is 23.1 Å². The highest BCUT2D eigenvalue weighted by molar-refractivity contribution is 7.73. The van der Waals surface area contributed by atoms with E-state index >= 15 is 0 Å². The predicted octanol–water partition coefficient (Wildman–Crippen LogP) is 7.19. The highest BCUT2D eigenvalue weighted by Gasteiger charge is 2.32. The average Bonchev–Trinajstić information content (AvgIpc) is 3.26. The largest absolute Gasteiger partial charge is 0.493 e. The predicted molar refractivity (Wildman–Crippen MR) is 129 cm³/mol. The van der Waals surface area contributed by atoms with Crippen LogP contribution in [0.5, 0.6) is 5.88 Å². The Morgan fingerprint density at radius 3 is 2.59 bits per heavy atom. The highest BCUT2D eigenvalue weighted by atomic mass is 35.5. The lowest BCUT2D eigenvalue weighted by Gasteiger charge is -2.07. The summed E-state index contributed by atoms with van der Waals surface area (Å²) in [6.07, 6.45) is -1.89. The maximum Gasteiger partial charge on any atom is 0.417 e. The number of aryl methyl sites for hydroxylation is 1. The van der Waals surface area contributed by atoms with Crippen LogP contribution in [0.2, 0.25) is 5.02 Å². The molecule has 0 radical (unpaired) electrons. The summed E-state index contributed by atoms with van der Waals surface area (Å²) in [5, 5.41) is 19.6. The summed E-state index contributed by atoms with van der Waals surface area (Å²) in [6, 6.07) is 0.809. The molecule has 6 nitrogen and oxygen atoms in total. The van der Waals surface area contributed by atoms with Crippen molar-refractivity contribution < 1.29 is 28.2 Å². The minimum Gasteiger partial charge on any atom is -0.493 e. The lowest BCUT2D eigenvalue weighted by atomic mass is 10.2. The Labute approximate surface area is 211 Å². The number of carboxylic acid groups (broad SMARTS) is 1. The molecule has 0 spiro atoms. The van der Waals surface area contributed by atoms with Crippen molar-refractivity contribution in [2.24, 2.45) is 0 Å². The van der Waals surface area contributed by atoms with E-state index in [1.807, 2.05) is 0 Å². The molecule has 3 aromatic heterocycles. The number of thiazole rings is 2. The molecule has 13 heteroatoms. The summed E-state index contributed by atoms with van der Waals surface area (Å²) < 4.78 is 40.7. The maximum atomic E-state index is 12.9. The number of aliphatic carboxylic acids is 1. The fourth-order valence-electron chi connectivity index (χ4n) is 3.14. The van der Waals surface area contributed by atoms with Gasteiger partial charge in [-0.1, -0.05) is 24.6 Å². The zero-order valence-electron chi connectivity index (χ0n) is 17.8. The molecular weight excluding hydrogens is 531 g/mol. The number of pyridine rings is 1. The average molecular weight is 550 g/mol. The van der Waals surface area contributed by atoms with Crippen molar-refractivity contribution >= 4 is 58.0 Å². The molecule has 3 heterocycles. The number of carbonyl (C=O) groups is 1. The third-order valence-corrected chi connectivity index (χ3v) is 7.87. The van der Waals surface area contributed by atoms with Crippen LogP contribution in [-0.4, -0.2) is 30.7 Å². The van der Waals surface area contributed by atoms with Crippen molar-refractivity contribution in [3.63, 3.8) is 0 Å². The van der Waals surface area contributed by atoms with Crippen molar-refractivity contribution in [3.05, 3.63) is 48.8 Å². The Morgan fingerprint density at radius 2 is 1.97 bits per heavy atom. The monoisotopic (exact) mass is 549 g/mol. The summed E-state index contributed by atoms with van der Waals surface area (Å²) in [5.41, 5.74) is 0.204. The van der Waals surface area contributed by atoms with Gasteiger partial charge >= 0.3 is 12.1 Å². The first kappa shape index (κ1) is 26.3. The molecule has 0 amide bonds. The van der Waals surface area contributed by atoms with Crippen LogP contribution in [-0.2, 0) is 17.5 Å². The van der Waals surface area contributed by atoms with E-state index in [-0.39, 0.29) is 23.0 Å². The van der Waals surface area contributed by atoms with E-state index in [2.05, 4.69) is 16.5 Å². The Kier molecular flexibility index (Phi) is 8.17. The van der Waals surface area contributed by atoms with E-state index in [4.69, 9.17) is 28.9 Å². The Bertz CT molecular complexity index is 1300. The van der Waals surface area contributed by atoms with Gasteiger partial charge in [0.2, 0.25) is 5.88 Å². The normalized spacial score (nSPS) is 11.7. The lowest BCUT2D eigenvalue weighted by Crippen LogP contribution is -2.05. The Hall–Kier alpha value is -2.28. The van der Waals surface area contributed by atoms with Crippen LogP contribution in [0.4, 0.5) is 13.2 Å². The van der Waals surface area contributed by atoms with E-state index in [0.717, 1.165) is 17.4 Å². The fraction of sp³-hybridized carbons (Fsp3) is 0.333. The molecule has 0 aliphatic heterocycles. The second-order valence-electron chi connectivity index (χ2n) is 7.34. The topological polar surface area (TPSA) is 88.2 Å². The van der Waals surface area contributed by atoms with E-state index in [0.29, 0.717) is 62.0 Å². The van der Waals surface area contributed by atoms with Gasteiger partial charge in [-0.3, -0.25) is 14.3 Å². The Balaban J connectivity index is 1.83. The van der Waals surface area contributed by atoms with Gasteiger partial charge in [0.25, 0.3) is 0 Å². The van der Waals surface area contributed by atoms with Crippen LogP contribution < -0.4 is 0 Å². The van der Waals surface area contributed by atoms with Gasteiger partial charge in [0.05, 0.1) is 26.0 Å². The zero-order valence-corrected chi connectivity index (χ0v) is 21.0. The van der Waals surface area contributed by atoms with E-state index < -0.39 is 17.7 Å². The van der Waals surface area contributed by atoms with Crippen molar-refractivity contribution in [1.82, 2.24) is 14.5 Å².